The van der Waals surface area contributed by atoms with Crippen molar-refractivity contribution >= 4 is 5.96 Å². The monoisotopic (exact) mass is 431 g/mol. The second kappa shape index (κ2) is 12.9. The Balaban J connectivity index is 1.60. The first-order valence-corrected chi connectivity index (χ1v) is 11.9. The van der Waals surface area contributed by atoms with Gasteiger partial charge in [-0.05, 0) is 69.9 Å². The second-order valence-electron chi connectivity index (χ2n) is 8.62. The zero-order valence-electron chi connectivity index (χ0n) is 19.6. The summed E-state index contributed by atoms with van der Waals surface area (Å²) in [7, 11) is 3.93. The van der Waals surface area contributed by atoms with Gasteiger partial charge in [-0.25, -0.2) is 0 Å². The van der Waals surface area contributed by atoms with Crippen LogP contribution in [-0.4, -0.2) is 88.9 Å². The quantitative estimate of drug-likeness (QED) is 0.462. The third-order valence-electron chi connectivity index (χ3n) is 6.44. The van der Waals surface area contributed by atoms with Crippen molar-refractivity contribution in [3.05, 3.63) is 29.8 Å². The van der Waals surface area contributed by atoms with Gasteiger partial charge in [0.25, 0.3) is 0 Å². The normalized spacial score (nSPS) is 20.4. The average molecular weight is 432 g/mol. The summed E-state index contributed by atoms with van der Waals surface area (Å²) in [5, 5.41) is 6.99. The van der Waals surface area contributed by atoms with Gasteiger partial charge in [0.1, 0.15) is 5.75 Å². The topological polar surface area (TPSA) is 61.4 Å². The number of morpholine rings is 1. The molecule has 2 aliphatic heterocycles. The predicted octanol–water partition coefficient (Wildman–Crippen LogP) is 2.36. The first kappa shape index (κ1) is 23.8. The van der Waals surface area contributed by atoms with Gasteiger partial charge in [0.05, 0.1) is 32.9 Å². The molecular weight excluding hydrogens is 390 g/mol. The Kier molecular flexibility index (Phi) is 9.90. The van der Waals surface area contributed by atoms with Crippen molar-refractivity contribution in [2.45, 2.75) is 32.2 Å². The van der Waals surface area contributed by atoms with E-state index in [0.29, 0.717) is 0 Å². The van der Waals surface area contributed by atoms with Crippen LogP contribution in [-0.2, 0) is 4.74 Å². The van der Waals surface area contributed by atoms with Crippen molar-refractivity contribution in [1.29, 1.82) is 0 Å². The van der Waals surface area contributed by atoms with E-state index in [1.807, 2.05) is 12.1 Å². The standard InChI is InChI=1S/C24H41N5O2/c1-4-25-24(26-12-9-20-10-13-28(2)14-11-20)27-19-23(29-15-17-31-18-16-29)21-5-7-22(30-3)8-6-21/h5-8,20,23H,4,9-19H2,1-3H3,(H2,25,26,27). The highest BCUT2D eigenvalue weighted by atomic mass is 16.5. The number of aliphatic imine (C=N–C) groups is 1. The van der Waals surface area contributed by atoms with E-state index in [1.54, 1.807) is 7.11 Å². The molecule has 0 aromatic heterocycles. The summed E-state index contributed by atoms with van der Waals surface area (Å²) in [5.74, 6) is 2.63. The van der Waals surface area contributed by atoms with Gasteiger partial charge in [0.2, 0.25) is 0 Å². The summed E-state index contributed by atoms with van der Waals surface area (Å²) in [6.07, 6.45) is 3.83. The number of methoxy groups -OCH3 is 1. The molecule has 2 heterocycles. The summed E-state index contributed by atoms with van der Waals surface area (Å²) in [6.45, 7) is 10.6. The Labute approximate surface area is 188 Å². The lowest BCUT2D eigenvalue weighted by atomic mass is 9.94. The molecule has 0 spiro atoms. The van der Waals surface area contributed by atoms with Crippen LogP contribution in [0.4, 0.5) is 0 Å². The molecular formula is C24H41N5O2. The number of nitrogens with zero attached hydrogens (tertiary/aromatic N) is 3. The molecule has 1 aromatic carbocycles. The molecule has 3 rings (SSSR count). The molecule has 1 atom stereocenters. The summed E-state index contributed by atoms with van der Waals surface area (Å²) >= 11 is 0. The molecule has 31 heavy (non-hydrogen) atoms. The van der Waals surface area contributed by atoms with Crippen LogP contribution in [0.15, 0.2) is 29.3 Å². The van der Waals surface area contributed by atoms with Crippen molar-refractivity contribution in [3.8, 4) is 5.75 Å². The van der Waals surface area contributed by atoms with Crippen molar-refractivity contribution in [2.24, 2.45) is 10.9 Å². The van der Waals surface area contributed by atoms with Crippen LogP contribution in [0.25, 0.3) is 0 Å². The van der Waals surface area contributed by atoms with Gasteiger partial charge in [-0.2, -0.15) is 0 Å². The van der Waals surface area contributed by atoms with Crippen molar-refractivity contribution < 1.29 is 9.47 Å². The Morgan fingerprint density at radius 2 is 1.84 bits per heavy atom. The lowest BCUT2D eigenvalue weighted by Gasteiger charge is -2.34. The summed E-state index contributed by atoms with van der Waals surface area (Å²) in [4.78, 5) is 9.89. The third kappa shape index (κ3) is 7.66. The van der Waals surface area contributed by atoms with Crippen molar-refractivity contribution in [2.75, 3.05) is 73.2 Å². The first-order chi connectivity index (χ1) is 15.2. The van der Waals surface area contributed by atoms with Crippen molar-refractivity contribution in [1.82, 2.24) is 20.4 Å². The van der Waals surface area contributed by atoms with E-state index in [4.69, 9.17) is 14.5 Å². The minimum absolute atomic E-state index is 0.235. The Hall–Kier alpha value is -1.83. The molecule has 7 nitrogen and oxygen atoms in total. The molecule has 0 bridgehead atoms. The number of ether oxygens (including phenoxy) is 2. The zero-order valence-corrected chi connectivity index (χ0v) is 19.6. The van der Waals surface area contributed by atoms with Gasteiger partial charge in [0, 0.05) is 26.2 Å². The van der Waals surface area contributed by atoms with E-state index in [2.05, 4.69) is 46.5 Å². The van der Waals surface area contributed by atoms with E-state index in [1.165, 1.54) is 37.9 Å². The number of guanidine groups is 1. The van der Waals surface area contributed by atoms with Crippen LogP contribution < -0.4 is 15.4 Å². The Morgan fingerprint density at radius 1 is 1.13 bits per heavy atom. The maximum Gasteiger partial charge on any atom is 0.191 e. The van der Waals surface area contributed by atoms with Gasteiger partial charge in [-0.3, -0.25) is 9.89 Å². The molecule has 7 heteroatoms. The minimum atomic E-state index is 0.235. The zero-order chi connectivity index (χ0) is 21.9. The highest BCUT2D eigenvalue weighted by Gasteiger charge is 2.23. The molecule has 0 amide bonds. The summed E-state index contributed by atoms with van der Waals surface area (Å²) in [5.41, 5.74) is 1.27. The molecule has 2 fully saturated rings. The van der Waals surface area contributed by atoms with Crippen LogP contribution in [0.2, 0.25) is 0 Å². The molecule has 0 radical (unpaired) electrons. The Bertz CT molecular complexity index is 652. The lowest BCUT2D eigenvalue weighted by Crippen LogP contribution is -2.42. The minimum Gasteiger partial charge on any atom is -0.497 e. The van der Waals surface area contributed by atoms with E-state index in [0.717, 1.165) is 63.6 Å². The smallest absolute Gasteiger partial charge is 0.191 e. The van der Waals surface area contributed by atoms with Crippen LogP contribution in [0, 0.1) is 5.92 Å². The maximum absolute atomic E-state index is 5.58. The highest BCUT2D eigenvalue weighted by molar-refractivity contribution is 5.79. The molecule has 2 saturated heterocycles. The number of rotatable bonds is 9. The molecule has 0 saturated carbocycles. The van der Waals surface area contributed by atoms with E-state index >= 15 is 0 Å². The van der Waals surface area contributed by atoms with Crippen LogP contribution in [0.1, 0.15) is 37.8 Å². The molecule has 1 aromatic rings. The second-order valence-corrected chi connectivity index (χ2v) is 8.62. The molecule has 0 aliphatic carbocycles. The van der Waals surface area contributed by atoms with Crippen LogP contribution in [0.3, 0.4) is 0 Å². The van der Waals surface area contributed by atoms with Gasteiger partial charge < -0.3 is 25.0 Å². The number of hydrogen-bond donors (Lipinski definition) is 2. The fourth-order valence-corrected chi connectivity index (χ4v) is 4.41. The van der Waals surface area contributed by atoms with Gasteiger partial charge in [0.15, 0.2) is 5.96 Å². The van der Waals surface area contributed by atoms with Crippen LogP contribution in [0.5, 0.6) is 5.75 Å². The van der Waals surface area contributed by atoms with Gasteiger partial charge >= 0.3 is 0 Å². The van der Waals surface area contributed by atoms with E-state index in [9.17, 15) is 0 Å². The summed E-state index contributed by atoms with van der Waals surface area (Å²) < 4.78 is 10.9. The number of likely N-dealkylation sites (tertiary alicyclic amines) is 1. The highest BCUT2D eigenvalue weighted by Crippen LogP contribution is 2.24. The lowest BCUT2D eigenvalue weighted by molar-refractivity contribution is 0.0179. The SMILES string of the molecule is CCNC(=NCC(c1ccc(OC)cc1)N1CCOCC1)NCCC1CCN(C)CC1. The molecule has 1 unspecified atom stereocenters. The largest absolute Gasteiger partial charge is 0.497 e. The Morgan fingerprint density at radius 3 is 2.48 bits per heavy atom. The average Bonchev–Trinajstić information content (AvgIpc) is 2.81. The molecule has 2 N–H and O–H groups in total. The number of hydrogen-bond acceptors (Lipinski definition) is 5. The molecule has 174 valence electrons. The summed E-state index contributed by atoms with van der Waals surface area (Å²) in [6, 6.07) is 8.64. The fourth-order valence-electron chi connectivity index (χ4n) is 4.41. The van der Waals surface area contributed by atoms with Crippen LogP contribution >= 0.6 is 0 Å². The third-order valence-corrected chi connectivity index (χ3v) is 6.44. The fraction of sp³-hybridized carbons (Fsp3) is 0.708. The first-order valence-electron chi connectivity index (χ1n) is 11.9. The molecule has 2 aliphatic rings. The van der Waals surface area contributed by atoms with Crippen molar-refractivity contribution in [3.63, 3.8) is 0 Å². The number of nitrogens with one attached hydrogen (secondary N) is 2. The number of piperidine rings is 1. The van der Waals surface area contributed by atoms with E-state index in [-0.39, 0.29) is 6.04 Å². The van der Waals surface area contributed by atoms with E-state index < -0.39 is 0 Å². The predicted molar refractivity (Wildman–Crippen MR) is 127 cm³/mol. The van der Waals surface area contributed by atoms with Gasteiger partial charge in [-0.15, -0.1) is 0 Å². The number of benzene rings is 1. The van der Waals surface area contributed by atoms with Gasteiger partial charge in [-0.1, -0.05) is 12.1 Å². The maximum atomic E-state index is 5.58.